The van der Waals surface area contributed by atoms with Gasteiger partial charge in [-0.25, -0.2) is 4.98 Å². The highest BCUT2D eigenvalue weighted by atomic mass is 31.2. The number of benzene rings is 3. The molecule has 3 aromatic carbocycles. The van der Waals surface area contributed by atoms with Gasteiger partial charge in [0.15, 0.2) is 0 Å². The van der Waals surface area contributed by atoms with Crippen molar-refractivity contribution in [3.63, 3.8) is 0 Å². The van der Waals surface area contributed by atoms with Crippen molar-refractivity contribution in [1.82, 2.24) is 4.98 Å². The molecule has 0 spiro atoms. The first-order valence-corrected chi connectivity index (χ1v) is 12.2. The van der Waals surface area contributed by atoms with Crippen LogP contribution in [0.3, 0.4) is 0 Å². The van der Waals surface area contributed by atoms with E-state index < -0.39 is 7.26 Å². The van der Waals surface area contributed by atoms with Crippen LogP contribution in [0, 0.1) is 0 Å². The maximum absolute atomic E-state index is 6.25. The van der Waals surface area contributed by atoms with E-state index in [2.05, 4.69) is 117 Å². The van der Waals surface area contributed by atoms with Crippen molar-refractivity contribution in [2.24, 2.45) is 0 Å². The molecule has 0 radical (unpaired) electrons. The lowest BCUT2D eigenvalue weighted by molar-refractivity contribution is 0.416. The van der Waals surface area contributed by atoms with Crippen LogP contribution < -0.4 is 15.9 Å². The number of oxazole rings is 1. The molecule has 3 heteroatoms. The maximum atomic E-state index is 6.25. The van der Waals surface area contributed by atoms with Gasteiger partial charge >= 0.3 is 0 Å². The van der Waals surface area contributed by atoms with Gasteiger partial charge in [-0.3, -0.25) is 0 Å². The van der Waals surface area contributed by atoms with Gasteiger partial charge in [0.2, 0.25) is 5.89 Å². The van der Waals surface area contributed by atoms with E-state index in [0.717, 1.165) is 11.3 Å². The Kier molecular flexibility index (Phi) is 5.15. The largest absolute Gasteiger partial charge is 0.440 e. The normalized spacial score (nSPS) is 12.1. The van der Waals surface area contributed by atoms with E-state index in [1.165, 1.54) is 15.9 Å². The molecule has 1 aromatic heterocycles. The summed E-state index contributed by atoms with van der Waals surface area (Å²) in [5.74, 6) is 1.60. The average molecular weight is 400 g/mol. The molecule has 0 atom stereocenters. The van der Waals surface area contributed by atoms with Gasteiger partial charge in [-0.15, -0.1) is 0 Å². The van der Waals surface area contributed by atoms with Crippen LogP contribution in [0.4, 0.5) is 0 Å². The van der Waals surface area contributed by atoms with Gasteiger partial charge in [0.05, 0.1) is 18.4 Å². The Labute approximate surface area is 174 Å². The Bertz CT molecular complexity index is 1050. The molecule has 29 heavy (non-hydrogen) atoms. The van der Waals surface area contributed by atoms with Crippen molar-refractivity contribution >= 4 is 23.2 Å². The predicted octanol–water partition coefficient (Wildman–Crippen LogP) is 5.56. The van der Waals surface area contributed by atoms with Crippen LogP contribution in [0.25, 0.3) is 11.5 Å². The minimum atomic E-state index is -1.86. The van der Waals surface area contributed by atoms with Crippen molar-refractivity contribution in [3.8, 4) is 11.5 Å². The summed E-state index contributed by atoms with van der Waals surface area (Å²) in [6.07, 6.45) is 1.87. The zero-order valence-electron chi connectivity index (χ0n) is 17.5. The van der Waals surface area contributed by atoms with Crippen LogP contribution in [-0.4, -0.2) is 11.6 Å². The van der Waals surface area contributed by atoms with E-state index in [4.69, 9.17) is 4.42 Å². The Morgan fingerprint density at radius 3 is 1.76 bits per heavy atom. The van der Waals surface area contributed by atoms with Crippen molar-refractivity contribution < 1.29 is 4.42 Å². The molecule has 0 N–H and O–H groups in total. The molecular formula is C26H27NOP+. The van der Waals surface area contributed by atoms with Gasteiger partial charge in [0.25, 0.3) is 0 Å². The van der Waals surface area contributed by atoms with Crippen molar-refractivity contribution in [2.45, 2.75) is 26.2 Å². The quantitative estimate of drug-likeness (QED) is 0.419. The second-order valence-corrected chi connectivity index (χ2v) is 12.0. The molecule has 0 bridgehead atoms. The molecule has 1 heterocycles. The molecular weight excluding hydrogens is 373 g/mol. The lowest BCUT2D eigenvalue weighted by Gasteiger charge is -2.24. The maximum Gasteiger partial charge on any atom is 0.230 e. The number of aromatic nitrogens is 1. The molecule has 4 aromatic rings. The third-order valence-electron chi connectivity index (χ3n) is 5.41. The molecule has 2 nitrogen and oxygen atoms in total. The first-order chi connectivity index (χ1) is 13.9. The Morgan fingerprint density at radius 2 is 1.24 bits per heavy atom. The lowest BCUT2D eigenvalue weighted by atomic mass is 9.94. The Morgan fingerprint density at radius 1 is 0.724 bits per heavy atom. The van der Waals surface area contributed by atoms with Gasteiger partial charge in [-0.05, 0) is 36.4 Å². The van der Waals surface area contributed by atoms with Crippen LogP contribution in [0.15, 0.2) is 95.5 Å². The zero-order valence-corrected chi connectivity index (χ0v) is 18.4. The van der Waals surface area contributed by atoms with E-state index in [-0.39, 0.29) is 5.41 Å². The Hall–Kier alpha value is -2.70. The molecule has 0 aliphatic carbocycles. The average Bonchev–Trinajstić information content (AvgIpc) is 3.25. The minimum absolute atomic E-state index is 0.0719. The van der Waals surface area contributed by atoms with Crippen LogP contribution in [0.5, 0.6) is 0 Å². The van der Waals surface area contributed by atoms with Crippen molar-refractivity contribution in [1.29, 1.82) is 0 Å². The summed E-state index contributed by atoms with van der Waals surface area (Å²) in [7, 11) is -1.86. The second-order valence-electron chi connectivity index (χ2n) is 8.47. The van der Waals surface area contributed by atoms with E-state index >= 15 is 0 Å². The summed E-state index contributed by atoms with van der Waals surface area (Å²) in [5, 5.41) is 3.99. The molecule has 4 rings (SSSR count). The SMILES string of the molecule is CC(C)(C)c1cnc(-c2ccccc2[P+](C)(c2ccccc2)c2ccccc2)o1. The summed E-state index contributed by atoms with van der Waals surface area (Å²) >= 11 is 0. The molecule has 0 saturated carbocycles. The monoisotopic (exact) mass is 400 g/mol. The van der Waals surface area contributed by atoms with E-state index in [1.807, 2.05) is 6.20 Å². The lowest BCUT2D eigenvalue weighted by Crippen LogP contribution is -2.31. The summed E-state index contributed by atoms with van der Waals surface area (Å²) in [5.41, 5.74) is 1.00. The third kappa shape index (κ3) is 3.66. The number of hydrogen-bond donors (Lipinski definition) is 0. The zero-order chi connectivity index (χ0) is 20.5. The molecule has 0 saturated heterocycles. The molecule has 0 unspecified atom stereocenters. The predicted molar refractivity (Wildman–Crippen MR) is 125 cm³/mol. The highest BCUT2D eigenvalue weighted by Gasteiger charge is 2.42. The van der Waals surface area contributed by atoms with Crippen LogP contribution in [0.1, 0.15) is 26.5 Å². The number of nitrogens with zero attached hydrogens (tertiary/aromatic N) is 1. The van der Waals surface area contributed by atoms with Gasteiger partial charge in [-0.2, -0.15) is 0 Å². The van der Waals surface area contributed by atoms with Gasteiger partial charge < -0.3 is 4.42 Å². The van der Waals surface area contributed by atoms with Gasteiger partial charge in [-0.1, -0.05) is 69.3 Å². The molecule has 0 aliphatic heterocycles. The molecule has 146 valence electrons. The van der Waals surface area contributed by atoms with E-state index in [0.29, 0.717) is 5.89 Å². The summed E-state index contributed by atoms with van der Waals surface area (Å²) in [6.45, 7) is 8.83. The van der Waals surface area contributed by atoms with Gasteiger partial charge in [0, 0.05) is 5.41 Å². The van der Waals surface area contributed by atoms with Crippen LogP contribution in [0.2, 0.25) is 0 Å². The first-order valence-electron chi connectivity index (χ1n) is 9.95. The van der Waals surface area contributed by atoms with Crippen molar-refractivity contribution in [2.75, 3.05) is 6.66 Å². The highest BCUT2D eigenvalue weighted by Crippen LogP contribution is 2.53. The van der Waals surface area contributed by atoms with E-state index in [1.54, 1.807) is 0 Å². The minimum Gasteiger partial charge on any atom is -0.440 e. The first kappa shape index (κ1) is 19.6. The second kappa shape index (κ2) is 7.61. The van der Waals surface area contributed by atoms with Crippen molar-refractivity contribution in [3.05, 3.63) is 96.9 Å². The fourth-order valence-corrected chi connectivity index (χ4v) is 7.10. The van der Waals surface area contributed by atoms with E-state index in [9.17, 15) is 0 Å². The number of hydrogen-bond acceptors (Lipinski definition) is 2. The third-order valence-corrected chi connectivity index (χ3v) is 9.42. The molecule has 0 amide bonds. The summed E-state index contributed by atoms with van der Waals surface area (Å²) in [6, 6.07) is 30.2. The smallest absolute Gasteiger partial charge is 0.230 e. The van der Waals surface area contributed by atoms with Crippen LogP contribution >= 0.6 is 7.26 Å². The topological polar surface area (TPSA) is 26.0 Å². The fourth-order valence-electron chi connectivity index (χ4n) is 3.67. The molecule has 0 aliphatic rings. The standard InChI is InChI=1S/C26H27NOP/c1-26(2,3)24-19-27-25(28-24)22-17-11-12-18-23(22)29(4,20-13-7-5-8-14-20)21-15-9-6-10-16-21/h5-19H,1-4H3/q+1. The molecule has 0 fully saturated rings. The summed E-state index contributed by atoms with van der Waals surface area (Å²) < 4.78 is 6.25. The highest BCUT2D eigenvalue weighted by molar-refractivity contribution is 7.95. The number of rotatable bonds is 4. The fraction of sp³-hybridized carbons (Fsp3) is 0.192. The Balaban J connectivity index is 1.95. The summed E-state index contributed by atoms with van der Waals surface area (Å²) in [4.78, 5) is 4.67. The van der Waals surface area contributed by atoms with Crippen LogP contribution in [-0.2, 0) is 5.41 Å². The van der Waals surface area contributed by atoms with Gasteiger partial charge in [0.1, 0.15) is 28.9 Å².